The van der Waals surface area contributed by atoms with E-state index in [1.165, 1.54) is 4.90 Å². The second-order valence-corrected chi connectivity index (χ2v) is 12.7. The van der Waals surface area contributed by atoms with Crippen molar-refractivity contribution in [3.05, 3.63) is 75.0 Å². The molecule has 7 rings (SSSR count). The van der Waals surface area contributed by atoms with Crippen LogP contribution in [0.15, 0.2) is 42.5 Å². The quantitative estimate of drug-likeness (QED) is 0.318. The molecule has 4 aliphatic heterocycles. The fourth-order valence-corrected chi connectivity index (χ4v) is 7.34. The zero-order chi connectivity index (χ0) is 31.2. The minimum Gasteiger partial charge on any atom is -0.493 e. The van der Waals surface area contributed by atoms with Crippen molar-refractivity contribution in [3.63, 3.8) is 0 Å². The number of carboxylic acids is 1. The van der Waals surface area contributed by atoms with E-state index in [1.807, 2.05) is 0 Å². The molecule has 4 aliphatic rings. The average molecular weight is 658 g/mol. The fraction of sp³-hybridized carbons (Fsp3) is 0.394. The summed E-state index contributed by atoms with van der Waals surface area (Å²) < 4.78 is 38.7. The average Bonchev–Trinajstić information content (AvgIpc) is 3.63. The van der Waals surface area contributed by atoms with Gasteiger partial charge in [-0.25, -0.2) is 9.18 Å². The number of hydrogen-bond acceptors (Lipinski definition) is 7. The predicted octanol–water partition coefficient (Wildman–Crippen LogP) is 6.27. The summed E-state index contributed by atoms with van der Waals surface area (Å²) in [6.07, 6.45) is 2.68. The molecule has 3 fully saturated rings. The van der Waals surface area contributed by atoms with E-state index in [0.29, 0.717) is 67.3 Å². The van der Waals surface area contributed by atoms with Crippen molar-refractivity contribution in [1.82, 2.24) is 4.90 Å². The first-order valence-corrected chi connectivity index (χ1v) is 15.7. The first-order chi connectivity index (χ1) is 21.8. The van der Waals surface area contributed by atoms with E-state index in [9.17, 15) is 14.7 Å². The second kappa shape index (κ2) is 12.3. The van der Waals surface area contributed by atoms with Gasteiger partial charge in [0.25, 0.3) is 5.91 Å². The number of para-hydroxylation sites is 1. The molecule has 0 radical (unpaired) electrons. The topological polar surface area (TPSA) is 97.8 Å². The monoisotopic (exact) mass is 656 g/mol. The summed E-state index contributed by atoms with van der Waals surface area (Å²) in [4.78, 5) is 29.3. The number of aromatic carboxylic acids is 1. The van der Waals surface area contributed by atoms with Crippen LogP contribution in [-0.4, -0.2) is 73.7 Å². The van der Waals surface area contributed by atoms with E-state index in [0.717, 1.165) is 25.3 Å². The van der Waals surface area contributed by atoms with Crippen LogP contribution in [0.3, 0.4) is 0 Å². The standard InChI is InChI=1S/C33H31Cl2FN2O7/c34-26-8-22(44-14-18-6-7-42-13-18)9-27(35)30(26)32(39)37-12-19-2-1-3-23(31(19)45-17-37)24-11-29(25(33(40)41)10-28(24)36)38-20-4-5-21(38)16-43-15-20/h1-3,8-11,18,20-21H,4-7,12-17H2,(H,40,41)/t18-,20?,21?/m0/s1. The van der Waals surface area contributed by atoms with Gasteiger partial charge in [0, 0.05) is 29.2 Å². The molecular formula is C33H31Cl2FN2O7. The highest BCUT2D eigenvalue weighted by Crippen LogP contribution is 2.43. The van der Waals surface area contributed by atoms with Crippen LogP contribution in [0, 0.1) is 11.7 Å². The highest BCUT2D eigenvalue weighted by Gasteiger charge is 2.40. The Kier molecular flexibility index (Phi) is 8.24. The highest BCUT2D eigenvalue weighted by molar-refractivity contribution is 6.39. The van der Waals surface area contributed by atoms with Crippen molar-refractivity contribution in [2.45, 2.75) is 37.9 Å². The van der Waals surface area contributed by atoms with E-state index in [4.69, 9.17) is 42.1 Å². The van der Waals surface area contributed by atoms with Crippen LogP contribution in [0.1, 0.15) is 45.5 Å². The summed E-state index contributed by atoms with van der Waals surface area (Å²) in [7, 11) is 0. The van der Waals surface area contributed by atoms with Gasteiger partial charge in [-0.3, -0.25) is 4.79 Å². The molecule has 236 valence electrons. The molecule has 3 aromatic rings. The highest BCUT2D eigenvalue weighted by atomic mass is 35.5. The Morgan fingerprint density at radius 3 is 2.42 bits per heavy atom. The first-order valence-electron chi connectivity index (χ1n) is 14.9. The Balaban J connectivity index is 1.15. The number of anilines is 1. The van der Waals surface area contributed by atoms with Crippen LogP contribution >= 0.6 is 23.2 Å². The smallest absolute Gasteiger partial charge is 0.337 e. The third-order valence-electron chi connectivity index (χ3n) is 8.97. The zero-order valence-electron chi connectivity index (χ0n) is 24.3. The summed E-state index contributed by atoms with van der Waals surface area (Å²) in [5.74, 6) is -1.09. The number of ether oxygens (including phenoxy) is 4. The normalized spacial score (nSPS) is 22.2. The first kappa shape index (κ1) is 30.1. The van der Waals surface area contributed by atoms with Gasteiger partial charge < -0.3 is 33.9 Å². The van der Waals surface area contributed by atoms with Crippen LogP contribution in [0.2, 0.25) is 10.0 Å². The summed E-state index contributed by atoms with van der Waals surface area (Å²) in [5.41, 5.74) is 1.87. The molecule has 2 bridgehead atoms. The van der Waals surface area contributed by atoms with Crippen LogP contribution in [-0.2, 0) is 16.0 Å². The van der Waals surface area contributed by atoms with Gasteiger partial charge in [-0.2, -0.15) is 0 Å². The van der Waals surface area contributed by atoms with Crippen molar-refractivity contribution < 1.29 is 38.0 Å². The Morgan fingerprint density at radius 1 is 0.978 bits per heavy atom. The summed E-state index contributed by atoms with van der Waals surface area (Å²) in [6, 6.07) is 11.2. The minimum atomic E-state index is -1.19. The molecule has 2 unspecified atom stereocenters. The number of nitrogens with zero attached hydrogens (tertiary/aromatic N) is 2. The Hall–Kier alpha value is -3.57. The lowest BCUT2D eigenvalue weighted by Crippen LogP contribution is -2.46. The van der Waals surface area contributed by atoms with Crippen molar-refractivity contribution in [3.8, 4) is 22.6 Å². The Labute approximate surface area is 269 Å². The fourth-order valence-electron chi connectivity index (χ4n) is 6.72. The molecule has 0 saturated carbocycles. The molecule has 4 heterocycles. The Morgan fingerprint density at radius 2 is 1.73 bits per heavy atom. The van der Waals surface area contributed by atoms with Gasteiger partial charge in [-0.15, -0.1) is 0 Å². The maximum absolute atomic E-state index is 15.6. The van der Waals surface area contributed by atoms with Crippen LogP contribution in [0.4, 0.5) is 10.1 Å². The summed E-state index contributed by atoms with van der Waals surface area (Å²) >= 11 is 13.1. The third-order valence-corrected chi connectivity index (χ3v) is 9.57. The van der Waals surface area contributed by atoms with E-state index in [-0.39, 0.29) is 52.1 Å². The molecule has 3 saturated heterocycles. The largest absolute Gasteiger partial charge is 0.493 e. The van der Waals surface area contributed by atoms with E-state index in [1.54, 1.807) is 36.4 Å². The predicted molar refractivity (Wildman–Crippen MR) is 165 cm³/mol. The lowest BCUT2D eigenvalue weighted by molar-refractivity contribution is 0.0516. The van der Waals surface area contributed by atoms with Crippen LogP contribution in [0.5, 0.6) is 11.5 Å². The maximum atomic E-state index is 15.6. The second-order valence-electron chi connectivity index (χ2n) is 11.9. The van der Waals surface area contributed by atoms with Crippen LogP contribution < -0.4 is 14.4 Å². The SMILES string of the molecule is O=C(O)c1cc(F)c(-c2cccc3c2OCN(C(=O)c2c(Cl)cc(OC[C@H]4CCOC4)cc2Cl)C3)cc1N1C2CCC1COC2. The molecule has 1 N–H and O–H groups in total. The molecular weight excluding hydrogens is 626 g/mol. The number of halogens is 3. The molecule has 45 heavy (non-hydrogen) atoms. The summed E-state index contributed by atoms with van der Waals surface area (Å²) in [5, 5.41) is 10.3. The molecule has 0 spiro atoms. The number of carboxylic acid groups (broad SMARTS) is 1. The van der Waals surface area contributed by atoms with Crippen molar-refractivity contribution in [2.75, 3.05) is 44.7 Å². The molecule has 9 nitrogen and oxygen atoms in total. The number of carbonyl (C=O) groups is 2. The zero-order valence-corrected chi connectivity index (χ0v) is 25.8. The maximum Gasteiger partial charge on any atom is 0.337 e. The number of amides is 1. The molecule has 12 heteroatoms. The van der Waals surface area contributed by atoms with Crippen molar-refractivity contribution >= 4 is 40.8 Å². The molecule has 0 aromatic heterocycles. The lowest BCUT2D eigenvalue weighted by Gasteiger charge is -2.37. The van der Waals surface area contributed by atoms with Gasteiger partial charge in [0.15, 0.2) is 6.73 Å². The van der Waals surface area contributed by atoms with E-state index in [2.05, 4.69) is 4.90 Å². The minimum absolute atomic E-state index is 0.0295. The van der Waals surface area contributed by atoms with Gasteiger partial charge in [0.1, 0.15) is 17.3 Å². The number of morpholine rings is 1. The molecule has 3 aromatic carbocycles. The number of carbonyl (C=O) groups excluding carboxylic acids is 1. The number of rotatable bonds is 7. The van der Waals surface area contributed by atoms with E-state index < -0.39 is 17.7 Å². The molecule has 1 amide bonds. The van der Waals surface area contributed by atoms with Crippen molar-refractivity contribution in [2.24, 2.45) is 5.92 Å². The summed E-state index contributed by atoms with van der Waals surface area (Å²) in [6.45, 7) is 2.87. The van der Waals surface area contributed by atoms with Gasteiger partial charge in [-0.05, 0) is 43.5 Å². The lowest BCUT2D eigenvalue weighted by atomic mass is 9.96. The van der Waals surface area contributed by atoms with Gasteiger partial charge in [0.05, 0.1) is 71.9 Å². The van der Waals surface area contributed by atoms with Gasteiger partial charge in [0.2, 0.25) is 0 Å². The number of benzene rings is 3. The number of fused-ring (bicyclic) bond motifs is 3. The van der Waals surface area contributed by atoms with Crippen LogP contribution in [0.25, 0.3) is 11.1 Å². The molecule has 3 atom stereocenters. The van der Waals surface area contributed by atoms with Gasteiger partial charge in [-0.1, -0.05) is 41.4 Å². The van der Waals surface area contributed by atoms with Crippen molar-refractivity contribution in [1.29, 1.82) is 0 Å². The Bertz CT molecular complexity index is 1630. The number of hydrogen-bond donors (Lipinski definition) is 1. The third kappa shape index (κ3) is 5.69. The van der Waals surface area contributed by atoms with Gasteiger partial charge >= 0.3 is 5.97 Å². The van der Waals surface area contributed by atoms with E-state index >= 15 is 4.39 Å². The molecule has 0 aliphatic carbocycles.